The monoisotopic (exact) mass is 270 g/mol. The maximum Gasteiger partial charge on any atom is 0.322 e. The highest BCUT2D eigenvalue weighted by molar-refractivity contribution is 6.28. The first-order chi connectivity index (χ1) is 8.67. The lowest BCUT2D eigenvalue weighted by molar-refractivity contribution is 0.311. The number of anilines is 1. The van der Waals surface area contributed by atoms with Crippen LogP contribution >= 0.6 is 11.6 Å². The summed E-state index contributed by atoms with van der Waals surface area (Å²) < 4.78 is 5.25. The van der Waals surface area contributed by atoms with Crippen LogP contribution in [0.1, 0.15) is 39.5 Å². The third-order valence-corrected chi connectivity index (χ3v) is 3.30. The molecule has 1 aromatic rings. The second-order valence-corrected chi connectivity index (χ2v) is 5.09. The van der Waals surface area contributed by atoms with Crippen LogP contribution in [0.25, 0.3) is 0 Å². The molecule has 0 amide bonds. The van der Waals surface area contributed by atoms with Crippen molar-refractivity contribution in [1.29, 1.82) is 0 Å². The van der Waals surface area contributed by atoms with Gasteiger partial charge in [0.25, 0.3) is 0 Å². The summed E-state index contributed by atoms with van der Waals surface area (Å²) >= 11 is 5.85. The summed E-state index contributed by atoms with van der Waals surface area (Å²) in [5.41, 5.74) is 0. The third kappa shape index (κ3) is 3.70. The first kappa shape index (κ1) is 13.3. The summed E-state index contributed by atoms with van der Waals surface area (Å²) in [4.78, 5) is 12.2. The average Bonchev–Trinajstić information content (AvgIpc) is 2.28. The van der Waals surface area contributed by atoms with Crippen LogP contribution in [-0.2, 0) is 0 Å². The molecule has 18 heavy (non-hydrogen) atoms. The summed E-state index contributed by atoms with van der Waals surface area (Å²) in [7, 11) is 0. The molecule has 1 saturated carbocycles. The number of hydrogen-bond donors (Lipinski definition) is 1. The fraction of sp³-hybridized carbons (Fsp3) is 0.750. The minimum atomic E-state index is 0.166. The van der Waals surface area contributed by atoms with Crippen LogP contribution in [0.2, 0.25) is 5.28 Å². The van der Waals surface area contributed by atoms with E-state index in [4.69, 9.17) is 16.3 Å². The van der Waals surface area contributed by atoms with E-state index in [-0.39, 0.29) is 11.3 Å². The van der Waals surface area contributed by atoms with E-state index >= 15 is 0 Å². The second-order valence-electron chi connectivity index (χ2n) is 4.76. The number of ether oxygens (including phenoxy) is 1. The Bertz CT molecular complexity index is 402. The van der Waals surface area contributed by atoms with Gasteiger partial charge in [-0.25, -0.2) is 0 Å². The highest BCUT2D eigenvalue weighted by atomic mass is 35.5. The van der Waals surface area contributed by atoms with Crippen LogP contribution < -0.4 is 10.1 Å². The molecule has 0 radical (unpaired) electrons. The molecule has 0 aliphatic heterocycles. The molecule has 1 aliphatic rings. The van der Waals surface area contributed by atoms with Crippen molar-refractivity contribution in [2.75, 3.05) is 11.9 Å². The van der Waals surface area contributed by atoms with E-state index < -0.39 is 0 Å². The topological polar surface area (TPSA) is 59.9 Å². The Morgan fingerprint density at radius 2 is 2.17 bits per heavy atom. The number of rotatable bonds is 4. The number of nitrogens with one attached hydrogen (secondary N) is 1. The Morgan fingerprint density at radius 1 is 1.33 bits per heavy atom. The summed E-state index contributed by atoms with van der Waals surface area (Å²) in [6, 6.07) is 0.700. The van der Waals surface area contributed by atoms with E-state index in [9.17, 15) is 0 Å². The van der Waals surface area contributed by atoms with Gasteiger partial charge in [-0.15, -0.1) is 0 Å². The van der Waals surface area contributed by atoms with Crippen LogP contribution in [0.3, 0.4) is 0 Å². The van der Waals surface area contributed by atoms with Crippen LogP contribution in [0, 0.1) is 5.92 Å². The zero-order valence-electron chi connectivity index (χ0n) is 10.8. The lowest BCUT2D eigenvalue weighted by atomic mass is 9.87. The van der Waals surface area contributed by atoms with Crippen molar-refractivity contribution in [3.8, 4) is 6.01 Å². The van der Waals surface area contributed by atoms with Gasteiger partial charge < -0.3 is 10.1 Å². The van der Waals surface area contributed by atoms with E-state index in [0.717, 1.165) is 18.8 Å². The molecule has 2 atom stereocenters. The van der Waals surface area contributed by atoms with Crippen molar-refractivity contribution in [1.82, 2.24) is 15.0 Å². The van der Waals surface area contributed by atoms with Crippen molar-refractivity contribution in [2.45, 2.75) is 45.6 Å². The Kier molecular flexibility index (Phi) is 4.58. The molecular formula is C12H19ClN4O. The first-order valence-electron chi connectivity index (χ1n) is 6.48. The van der Waals surface area contributed by atoms with Crippen molar-refractivity contribution in [3.05, 3.63) is 5.28 Å². The molecule has 0 bridgehead atoms. The van der Waals surface area contributed by atoms with E-state index in [1.165, 1.54) is 12.8 Å². The van der Waals surface area contributed by atoms with Gasteiger partial charge in [0.15, 0.2) is 0 Å². The fourth-order valence-corrected chi connectivity index (χ4v) is 2.49. The molecule has 1 aliphatic carbocycles. The smallest absolute Gasteiger partial charge is 0.322 e. The van der Waals surface area contributed by atoms with Gasteiger partial charge in [0.2, 0.25) is 11.2 Å². The van der Waals surface area contributed by atoms with Crippen molar-refractivity contribution in [3.63, 3.8) is 0 Å². The van der Waals surface area contributed by atoms with Crippen LogP contribution in [0.15, 0.2) is 0 Å². The number of halogens is 1. The van der Waals surface area contributed by atoms with E-state index in [1.54, 1.807) is 0 Å². The minimum absolute atomic E-state index is 0.166. The normalized spacial score (nSPS) is 23.7. The third-order valence-electron chi connectivity index (χ3n) is 3.13. The predicted molar refractivity (Wildman–Crippen MR) is 71.0 cm³/mol. The maximum absolute atomic E-state index is 5.85. The fourth-order valence-electron chi connectivity index (χ4n) is 2.34. The summed E-state index contributed by atoms with van der Waals surface area (Å²) in [5, 5.41) is 3.49. The quantitative estimate of drug-likeness (QED) is 0.912. The van der Waals surface area contributed by atoms with Gasteiger partial charge in [-0.1, -0.05) is 19.8 Å². The molecule has 0 spiro atoms. The van der Waals surface area contributed by atoms with Gasteiger partial charge in [0.05, 0.1) is 6.61 Å². The lowest BCUT2D eigenvalue weighted by Crippen LogP contribution is -2.27. The minimum Gasteiger partial charge on any atom is -0.464 e. The predicted octanol–water partition coefficient (Wildman–Crippen LogP) is 2.91. The van der Waals surface area contributed by atoms with E-state index in [0.29, 0.717) is 18.6 Å². The summed E-state index contributed by atoms with van der Waals surface area (Å²) in [6.45, 7) is 4.67. The molecule has 100 valence electrons. The Hall–Kier alpha value is -1.10. The first-order valence-corrected chi connectivity index (χ1v) is 6.86. The molecular weight excluding hydrogens is 252 g/mol. The Morgan fingerprint density at radius 3 is 2.89 bits per heavy atom. The molecule has 1 heterocycles. The molecule has 5 nitrogen and oxygen atoms in total. The number of aromatic nitrogens is 3. The average molecular weight is 271 g/mol. The van der Waals surface area contributed by atoms with Gasteiger partial charge in [-0.05, 0) is 37.3 Å². The van der Waals surface area contributed by atoms with Crippen molar-refractivity contribution in [2.24, 2.45) is 5.92 Å². The van der Waals surface area contributed by atoms with Gasteiger partial charge >= 0.3 is 6.01 Å². The highest BCUT2D eigenvalue weighted by Crippen LogP contribution is 2.25. The Labute approximate surface area is 112 Å². The van der Waals surface area contributed by atoms with E-state index in [2.05, 4.69) is 27.2 Å². The van der Waals surface area contributed by atoms with E-state index in [1.807, 2.05) is 6.92 Å². The van der Waals surface area contributed by atoms with Gasteiger partial charge in [-0.3, -0.25) is 0 Å². The SMILES string of the molecule is CCOc1nc(Cl)nc(NC2CCCC(C)C2)n1. The number of hydrogen-bond acceptors (Lipinski definition) is 5. The highest BCUT2D eigenvalue weighted by Gasteiger charge is 2.20. The molecule has 0 saturated heterocycles. The Balaban J connectivity index is 2.03. The van der Waals surface area contributed by atoms with Gasteiger partial charge in [-0.2, -0.15) is 15.0 Å². The van der Waals surface area contributed by atoms with Gasteiger partial charge in [0.1, 0.15) is 0 Å². The van der Waals surface area contributed by atoms with Gasteiger partial charge in [0, 0.05) is 6.04 Å². The lowest BCUT2D eigenvalue weighted by Gasteiger charge is -2.27. The standard InChI is InChI=1S/C12H19ClN4O/c1-3-18-12-16-10(13)15-11(17-12)14-9-6-4-5-8(2)7-9/h8-9H,3-7H2,1-2H3,(H,14,15,16,17). The second kappa shape index (κ2) is 6.18. The van der Waals surface area contributed by atoms with Crippen LogP contribution in [0.5, 0.6) is 6.01 Å². The largest absolute Gasteiger partial charge is 0.464 e. The zero-order chi connectivity index (χ0) is 13.0. The molecule has 0 aromatic carbocycles. The molecule has 2 rings (SSSR count). The molecule has 1 aromatic heterocycles. The zero-order valence-corrected chi connectivity index (χ0v) is 11.6. The maximum atomic E-state index is 5.85. The van der Waals surface area contributed by atoms with Crippen molar-refractivity contribution >= 4 is 17.5 Å². The van der Waals surface area contributed by atoms with Crippen molar-refractivity contribution < 1.29 is 4.74 Å². The number of nitrogens with zero attached hydrogens (tertiary/aromatic N) is 3. The molecule has 1 fully saturated rings. The molecule has 6 heteroatoms. The molecule has 1 N–H and O–H groups in total. The summed E-state index contributed by atoms with van der Waals surface area (Å²) in [6.07, 6.45) is 4.85. The van der Waals surface area contributed by atoms with Crippen LogP contribution in [0.4, 0.5) is 5.95 Å². The molecule has 2 unspecified atom stereocenters. The van der Waals surface area contributed by atoms with Crippen LogP contribution in [-0.4, -0.2) is 27.6 Å². The summed E-state index contributed by atoms with van der Waals surface area (Å²) in [5.74, 6) is 1.26.